The normalized spacial score (nSPS) is 17.8. The highest BCUT2D eigenvalue weighted by molar-refractivity contribution is 5.91. The summed E-state index contributed by atoms with van der Waals surface area (Å²) in [6, 6.07) is 30.0. The number of imidazole rings is 2. The minimum absolute atomic E-state index is 0.0932. The SMILES string of the molecule is COC(=O)N[C@H](C(=O)N1CCCC1c1ncc(-c2ccc3cc(-c4ccc(-c5cnc(C6CCCN6C(=O)C(c6ccccc6)N(C)C)[nH]5)cc4)ccc3c2)[nH]1)C(C)C. The second-order valence-electron chi connectivity index (χ2n) is 16.2. The number of aromatic nitrogens is 4. The van der Waals surface area contributed by atoms with Crippen LogP contribution in [0.15, 0.2) is 103 Å². The molecule has 12 heteroatoms. The maximum absolute atomic E-state index is 13.9. The molecule has 2 aliphatic rings. The van der Waals surface area contributed by atoms with Crippen molar-refractivity contribution in [2.75, 3.05) is 34.3 Å². The predicted molar refractivity (Wildman–Crippen MR) is 229 cm³/mol. The van der Waals surface area contributed by atoms with Crippen LogP contribution in [0, 0.1) is 5.92 Å². The number of likely N-dealkylation sites (tertiary alicyclic amines) is 2. The van der Waals surface area contributed by atoms with E-state index in [9.17, 15) is 14.4 Å². The Labute approximate surface area is 345 Å². The molecule has 0 saturated carbocycles. The number of rotatable bonds is 11. The number of benzene rings is 4. The lowest BCUT2D eigenvalue weighted by Gasteiger charge is -2.31. The summed E-state index contributed by atoms with van der Waals surface area (Å²) in [5.74, 6) is 1.43. The first kappa shape index (κ1) is 39.6. The first-order valence-corrected chi connectivity index (χ1v) is 20.5. The van der Waals surface area contributed by atoms with Crippen LogP contribution in [0.25, 0.3) is 44.4 Å². The van der Waals surface area contributed by atoms with Gasteiger partial charge in [0.05, 0.1) is 43.0 Å². The van der Waals surface area contributed by atoms with Gasteiger partial charge in [-0.25, -0.2) is 14.8 Å². The Hall–Kier alpha value is -6.27. The van der Waals surface area contributed by atoms with Crippen molar-refractivity contribution in [2.45, 2.75) is 63.7 Å². The van der Waals surface area contributed by atoms with Gasteiger partial charge >= 0.3 is 6.09 Å². The fraction of sp³-hybridized carbons (Fsp3) is 0.340. The second kappa shape index (κ2) is 16.9. The highest BCUT2D eigenvalue weighted by Crippen LogP contribution is 2.37. The van der Waals surface area contributed by atoms with E-state index in [4.69, 9.17) is 14.7 Å². The summed E-state index contributed by atoms with van der Waals surface area (Å²) in [5, 5.41) is 4.94. The molecule has 0 spiro atoms. The molecule has 3 N–H and O–H groups in total. The molecular weight excluding hydrogens is 741 g/mol. The van der Waals surface area contributed by atoms with Crippen molar-refractivity contribution in [3.8, 4) is 33.6 Å². The van der Waals surface area contributed by atoms with Crippen LogP contribution in [-0.2, 0) is 14.3 Å². The van der Waals surface area contributed by atoms with Gasteiger partial charge in [-0.3, -0.25) is 14.5 Å². The fourth-order valence-electron chi connectivity index (χ4n) is 8.70. The topological polar surface area (TPSA) is 140 Å². The molecule has 6 aromatic rings. The van der Waals surface area contributed by atoms with E-state index < -0.39 is 12.1 Å². The van der Waals surface area contributed by atoms with Crippen LogP contribution in [0.1, 0.15) is 74.9 Å². The zero-order valence-electron chi connectivity index (χ0n) is 34.3. The highest BCUT2D eigenvalue weighted by Gasteiger charge is 2.38. The third kappa shape index (κ3) is 8.09. The second-order valence-corrected chi connectivity index (χ2v) is 16.2. The van der Waals surface area contributed by atoms with Crippen LogP contribution in [0.2, 0.25) is 0 Å². The summed E-state index contributed by atoms with van der Waals surface area (Å²) < 4.78 is 4.77. The molecule has 2 saturated heterocycles. The molecule has 3 amide bonds. The Kier molecular flexibility index (Phi) is 11.3. The zero-order valence-corrected chi connectivity index (χ0v) is 34.3. The molecule has 2 aliphatic heterocycles. The molecule has 4 aromatic carbocycles. The number of hydrogen-bond acceptors (Lipinski definition) is 7. The lowest BCUT2D eigenvalue weighted by molar-refractivity contribution is -0.137. The summed E-state index contributed by atoms with van der Waals surface area (Å²) >= 11 is 0. The summed E-state index contributed by atoms with van der Waals surface area (Å²) in [6.07, 6.45) is 6.55. The van der Waals surface area contributed by atoms with Crippen molar-refractivity contribution >= 4 is 28.7 Å². The van der Waals surface area contributed by atoms with Crippen molar-refractivity contribution in [1.82, 2.24) is 40.0 Å². The molecule has 0 radical (unpaired) electrons. The molecule has 304 valence electrons. The summed E-state index contributed by atoms with van der Waals surface area (Å²) in [7, 11) is 5.21. The molecule has 4 heterocycles. The molecule has 4 atom stereocenters. The maximum atomic E-state index is 13.9. The number of nitrogens with zero attached hydrogens (tertiary/aromatic N) is 5. The molecule has 0 bridgehead atoms. The number of fused-ring (bicyclic) bond motifs is 1. The van der Waals surface area contributed by atoms with Gasteiger partial charge in [-0.05, 0) is 90.9 Å². The van der Waals surface area contributed by atoms with Crippen molar-refractivity contribution < 1.29 is 19.1 Å². The lowest BCUT2D eigenvalue weighted by Crippen LogP contribution is -2.51. The third-order valence-electron chi connectivity index (χ3n) is 11.8. The minimum atomic E-state index is -0.680. The summed E-state index contributed by atoms with van der Waals surface area (Å²) in [6.45, 7) is 5.14. The van der Waals surface area contributed by atoms with Gasteiger partial charge in [0.1, 0.15) is 23.7 Å². The number of carbonyl (C=O) groups excluding carboxylic acids is 3. The van der Waals surface area contributed by atoms with Crippen LogP contribution in [-0.4, -0.2) is 92.9 Å². The Balaban J connectivity index is 0.944. The highest BCUT2D eigenvalue weighted by atomic mass is 16.5. The van der Waals surface area contributed by atoms with Crippen molar-refractivity contribution in [3.63, 3.8) is 0 Å². The predicted octanol–water partition coefficient (Wildman–Crippen LogP) is 8.30. The number of hydrogen-bond donors (Lipinski definition) is 3. The molecule has 2 aromatic heterocycles. The Bertz CT molecular complexity index is 2440. The maximum Gasteiger partial charge on any atom is 0.407 e. The smallest absolute Gasteiger partial charge is 0.407 e. The van der Waals surface area contributed by atoms with Gasteiger partial charge in [-0.1, -0.05) is 92.7 Å². The van der Waals surface area contributed by atoms with E-state index in [1.54, 1.807) is 0 Å². The van der Waals surface area contributed by atoms with Crippen LogP contribution in [0.5, 0.6) is 0 Å². The fourth-order valence-corrected chi connectivity index (χ4v) is 8.70. The van der Waals surface area contributed by atoms with Crippen LogP contribution in [0.4, 0.5) is 4.79 Å². The number of ether oxygens (including phenoxy) is 1. The van der Waals surface area contributed by atoms with Gasteiger partial charge in [0.15, 0.2) is 0 Å². The molecule has 8 rings (SSSR count). The van der Waals surface area contributed by atoms with E-state index in [0.29, 0.717) is 13.1 Å². The molecule has 59 heavy (non-hydrogen) atoms. The van der Waals surface area contributed by atoms with Gasteiger partial charge in [0.2, 0.25) is 11.8 Å². The van der Waals surface area contributed by atoms with E-state index in [2.05, 4.69) is 75.9 Å². The molecule has 3 unspecified atom stereocenters. The number of H-pyrrole nitrogens is 2. The monoisotopic (exact) mass is 792 g/mol. The molecular formula is C47H52N8O4. The van der Waals surface area contributed by atoms with E-state index in [0.717, 1.165) is 87.3 Å². The Morgan fingerprint density at radius 3 is 1.81 bits per heavy atom. The largest absolute Gasteiger partial charge is 0.453 e. The van der Waals surface area contributed by atoms with E-state index in [-0.39, 0.29) is 35.9 Å². The van der Waals surface area contributed by atoms with E-state index in [1.165, 1.54) is 7.11 Å². The first-order chi connectivity index (χ1) is 28.6. The molecule has 12 nitrogen and oxygen atoms in total. The quantitative estimate of drug-likeness (QED) is 0.120. The van der Waals surface area contributed by atoms with Crippen molar-refractivity contribution in [1.29, 1.82) is 0 Å². The number of aromatic amines is 2. The van der Waals surface area contributed by atoms with Gasteiger partial charge in [-0.15, -0.1) is 0 Å². The summed E-state index contributed by atoms with van der Waals surface area (Å²) in [5.41, 5.74) is 7.07. The number of alkyl carbamates (subject to hydrolysis) is 1. The summed E-state index contributed by atoms with van der Waals surface area (Å²) in [4.78, 5) is 61.9. The number of likely N-dealkylation sites (N-methyl/N-ethyl adjacent to an activating group) is 1. The first-order valence-electron chi connectivity index (χ1n) is 20.5. The van der Waals surface area contributed by atoms with E-state index in [1.807, 2.05) is 85.4 Å². The van der Waals surface area contributed by atoms with Crippen LogP contribution < -0.4 is 5.32 Å². The molecule has 0 aliphatic carbocycles. The zero-order chi connectivity index (χ0) is 41.2. The lowest BCUT2D eigenvalue weighted by atomic mass is 9.98. The van der Waals surface area contributed by atoms with Crippen LogP contribution >= 0.6 is 0 Å². The number of amides is 3. The average molecular weight is 793 g/mol. The van der Waals surface area contributed by atoms with Gasteiger partial charge < -0.3 is 29.8 Å². The Morgan fingerprint density at radius 1 is 0.712 bits per heavy atom. The minimum Gasteiger partial charge on any atom is -0.453 e. The van der Waals surface area contributed by atoms with Crippen LogP contribution in [0.3, 0.4) is 0 Å². The van der Waals surface area contributed by atoms with Gasteiger partial charge in [0.25, 0.3) is 0 Å². The van der Waals surface area contributed by atoms with Gasteiger partial charge in [-0.2, -0.15) is 0 Å². The average Bonchev–Trinajstić information content (AvgIpc) is 4.09. The number of carbonyl (C=O) groups is 3. The van der Waals surface area contributed by atoms with Crippen molar-refractivity contribution in [3.05, 3.63) is 121 Å². The Morgan fingerprint density at radius 2 is 1.24 bits per heavy atom. The number of methoxy groups -OCH3 is 1. The third-order valence-corrected chi connectivity index (χ3v) is 11.8. The molecule has 2 fully saturated rings. The standard InChI is InChI=1S/C47H52N8O4/c1-29(2)41(52-47(58)59-5)45(56)54-23-9-13-39(54)43-49-28-38(51-43)36-22-21-34-25-33(19-20-35(34)26-36)30-15-17-31(18-16-30)37-27-48-44(50-37)40-14-10-24-55(40)46(57)42(53(3)4)32-11-7-6-8-12-32/h6-8,11-12,15-22,25-29,39-42H,9-10,13-14,23-24H2,1-5H3,(H,48,50)(H,49,51)(H,52,58)/t39?,40?,41-,42?/m0/s1. The van der Waals surface area contributed by atoms with E-state index >= 15 is 0 Å². The van der Waals surface area contributed by atoms with Crippen molar-refractivity contribution in [2.24, 2.45) is 5.92 Å². The van der Waals surface area contributed by atoms with Gasteiger partial charge in [0, 0.05) is 18.7 Å². The number of nitrogens with one attached hydrogen (secondary N) is 3.